The van der Waals surface area contributed by atoms with Crippen LogP contribution in [0.4, 0.5) is 10.1 Å². The van der Waals surface area contributed by atoms with Gasteiger partial charge in [0.25, 0.3) is 0 Å². The van der Waals surface area contributed by atoms with Crippen LogP contribution in [-0.2, 0) is 0 Å². The minimum atomic E-state index is -0.471. The van der Waals surface area contributed by atoms with Crippen LogP contribution in [0.5, 0.6) is 0 Å². The summed E-state index contributed by atoms with van der Waals surface area (Å²) in [5.74, 6) is -0.471. The Morgan fingerprint density at radius 1 is 1.20 bits per heavy atom. The van der Waals surface area contributed by atoms with E-state index in [2.05, 4.69) is 5.32 Å². The monoisotopic (exact) mass is 308 g/mol. The largest absolute Gasteiger partial charge is 0.376 e. The highest BCUT2D eigenvalue weighted by molar-refractivity contribution is 6.35. The molecule has 0 bridgehead atoms. The maximum Gasteiger partial charge on any atom is 0.147 e. The van der Waals surface area contributed by atoms with Crippen molar-refractivity contribution >= 4 is 28.9 Å². The Balaban J connectivity index is 2.23. The molecule has 0 heterocycles. The SMILES string of the molecule is CC(Nc1ccc(C#N)cc1F)c1ccc(Cl)cc1Cl. The molecule has 102 valence electrons. The first kappa shape index (κ1) is 14.6. The van der Waals surface area contributed by atoms with Crippen LogP contribution in [0.15, 0.2) is 36.4 Å². The number of hydrogen-bond donors (Lipinski definition) is 1. The summed E-state index contributed by atoms with van der Waals surface area (Å²) in [6.07, 6.45) is 0. The van der Waals surface area contributed by atoms with Gasteiger partial charge in [-0.05, 0) is 42.8 Å². The molecule has 0 aliphatic heterocycles. The molecule has 0 radical (unpaired) electrons. The Labute approximate surface area is 126 Å². The maximum absolute atomic E-state index is 13.8. The van der Waals surface area contributed by atoms with Crippen molar-refractivity contribution in [3.63, 3.8) is 0 Å². The molecule has 0 fully saturated rings. The van der Waals surface area contributed by atoms with E-state index in [0.717, 1.165) is 5.56 Å². The summed E-state index contributed by atoms with van der Waals surface area (Å²) < 4.78 is 13.8. The van der Waals surface area contributed by atoms with E-state index in [-0.39, 0.29) is 11.6 Å². The third-order valence-corrected chi connectivity index (χ3v) is 3.46. The molecule has 0 aliphatic carbocycles. The van der Waals surface area contributed by atoms with Gasteiger partial charge >= 0.3 is 0 Å². The van der Waals surface area contributed by atoms with Crippen molar-refractivity contribution in [1.82, 2.24) is 0 Å². The molecule has 0 amide bonds. The average molecular weight is 309 g/mol. The molecule has 2 rings (SSSR count). The lowest BCUT2D eigenvalue weighted by Crippen LogP contribution is -2.08. The summed E-state index contributed by atoms with van der Waals surface area (Å²) in [5.41, 5.74) is 1.42. The third kappa shape index (κ3) is 3.22. The smallest absolute Gasteiger partial charge is 0.147 e. The number of hydrogen-bond acceptors (Lipinski definition) is 2. The van der Waals surface area contributed by atoms with E-state index in [1.165, 1.54) is 12.1 Å². The zero-order valence-electron chi connectivity index (χ0n) is 10.6. The normalized spacial score (nSPS) is 11.8. The van der Waals surface area contributed by atoms with E-state index in [9.17, 15) is 4.39 Å². The molecule has 0 spiro atoms. The summed E-state index contributed by atoms with van der Waals surface area (Å²) in [6, 6.07) is 11.2. The molecule has 20 heavy (non-hydrogen) atoms. The van der Waals surface area contributed by atoms with E-state index in [4.69, 9.17) is 28.5 Å². The van der Waals surface area contributed by atoms with Gasteiger partial charge < -0.3 is 5.32 Å². The lowest BCUT2D eigenvalue weighted by molar-refractivity contribution is 0.627. The average Bonchev–Trinajstić information content (AvgIpc) is 2.40. The van der Waals surface area contributed by atoms with Crippen LogP contribution in [0, 0.1) is 17.1 Å². The van der Waals surface area contributed by atoms with Crippen LogP contribution < -0.4 is 5.32 Å². The number of nitrogens with zero attached hydrogens (tertiary/aromatic N) is 1. The number of nitriles is 1. The lowest BCUT2D eigenvalue weighted by atomic mass is 10.1. The Kier molecular flexibility index (Phi) is 4.49. The van der Waals surface area contributed by atoms with Gasteiger partial charge in [0.05, 0.1) is 23.4 Å². The number of nitrogens with one attached hydrogen (secondary N) is 1. The fraction of sp³-hybridized carbons (Fsp3) is 0.133. The molecule has 0 saturated heterocycles. The molecule has 2 aromatic carbocycles. The number of anilines is 1. The van der Waals surface area contributed by atoms with Crippen LogP contribution in [0.25, 0.3) is 0 Å². The highest BCUT2D eigenvalue weighted by atomic mass is 35.5. The predicted octanol–water partition coefficient (Wildman–Crippen LogP) is 5.18. The van der Waals surface area contributed by atoms with E-state index in [0.29, 0.717) is 15.7 Å². The van der Waals surface area contributed by atoms with E-state index in [1.54, 1.807) is 24.3 Å². The fourth-order valence-electron chi connectivity index (χ4n) is 1.87. The van der Waals surface area contributed by atoms with Crippen molar-refractivity contribution in [3.05, 3.63) is 63.4 Å². The Hall–Kier alpha value is -1.76. The van der Waals surface area contributed by atoms with Crippen molar-refractivity contribution in [2.24, 2.45) is 0 Å². The highest BCUT2D eigenvalue weighted by Gasteiger charge is 2.12. The van der Waals surface area contributed by atoms with Gasteiger partial charge in [-0.15, -0.1) is 0 Å². The van der Waals surface area contributed by atoms with E-state index < -0.39 is 5.82 Å². The van der Waals surface area contributed by atoms with Gasteiger partial charge in [0.2, 0.25) is 0 Å². The molecule has 2 nitrogen and oxygen atoms in total. The second kappa shape index (κ2) is 6.13. The van der Waals surface area contributed by atoms with Crippen molar-refractivity contribution in [3.8, 4) is 6.07 Å². The van der Waals surface area contributed by atoms with Gasteiger partial charge in [-0.1, -0.05) is 29.3 Å². The van der Waals surface area contributed by atoms with Crippen molar-refractivity contribution in [2.45, 2.75) is 13.0 Å². The quantitative estimate of drug-likeness (QED) is 0.848. The van der Waals surface area contributed by atoms with Gasteiger partial charge in [-0.3, -0.25) is 0 Å². The van der Waals surface area contributed by atoms with Crippen LogP contribution in [0.2, 0.25) is 10.0 Å². The number of benzene rings is 2. The maximum atomic E-state index is 13.8. The zero-order valence-corrected chi connectivity index (χ0v) is 12.1. The van der Waals surface area contributed by atoms with Crippen molar-refractivity contribution < 1.29 is 4.39 Å². The van der Waals surface area contributed by atoms with Crippen LogP contribution in [-0.4, -0.2) is 0 Å². The van der Waals surface area contributed by atoms with E-state index >= 15 is 0 Å². The molecule has 1 unspecified atom stereocenters. The third-order valence-electron chi connectivity index (χ3n) is 2.90. The van der Waals surface area contributed by atoms with Crippen LogP contribution >= 0.6 is 23.2 Å². The topological polar surface area (TPSA) is 35.8 Å². The second-order valence-electron chi connectivity index (χ2n) is 4.34. The minimum absolute atomic E-state index is 0.192. The van der Waals surface area contributed by atoms with Crippen molar-refractivity contribution in [1.29, 1.82) is 5.26 Å². The first-order valence-electron chi connectivity index (χ1n) is 5.92. The summed E-state index contributed by atoms with van der Waals surface area (Å²) in [6.45, 7) is 1.87. The first-order chi connectivity index (χ1) is 9.51. The number of rotatable bonds is 3. The van der Waals surface area contributed by atoms with Gasteiger partial charge in [0.15, 0.2) is 0 Å². The molecular weight excluding hydrogens is 298 g/mol. The van der Waals surface area contributed by atoms with Gasteiger partial charge in [-0.2, -0.15) is 5.26 Å². The van der Waals surface area contributed by atoms with Gasteiger partial charge in [0, 0.05) is 10.0 Å². The lowest BCUT2D eigenvalue weighted by Gasteiger charge is -2.17. The Morgan fingerprint density at radius 3 is 2.55 bits per heavy atom. The summed E-state index contributed by atoms with van der Waals surface area (Å²) in [7, 11) is 0. The predicted molar refractivity (Wildman–Crippen MR) is 79.6 cm³/mol. The number of halogens is 3. The Bertz CT molecular complexity index is 680. The summed E-state index contributed by atoms with van der Waals surface area (Å²) >= 11 is 12.0. The van der Waals surface area contributed by atoms with Crippen molar-refractivity contribution in [2.75, 3.05) is 5.32 Å². The molecule has 2 aromatic rings. The van der Waals surface area contributed by atoms with Gasteiger partial charge in [0.1, 0.15) is 5.82 Å². The molecule has 0 aliphatic rings. The van der Waals surface area contributed by atoms with Gasteiger partial charge in [-0.25, -0.2) is 4.39 Å². The summed E-state index contributed by atoms with van der Waals surface area (Å²) in [5, 5.41) is 12.8. The standard InChI is InChI=1S/C15H11Cl2FN2/c1-9(12-4-3-11(16)7-13(12)17)20-15-5-2-10(8-19)6-14(15)18/h2-7,9,20H,1H3. The summed E-state index contributed by atoms with van der Waals surface area (Å²) in [4.78, 5) is 0. The minimum Gasteiger partial charge on any atom is -0.376 e. The molecule has 0 saturated carbocycles. The molecular formula is C15H11Cl2FN2. The second-order valence-corrected chi connectivity index (χ2v) is 5.18. The highest BCUT2D eigenvalue weighted by Crippen LogP contribution is 2.29. The Morgan fingerprint density at radius 2 is 1.95 bits per heavy atom. The zero-order chi connectivity index (χ0) is 14.7. The van der Waals surface area contributed by atoms with Crippen LogP contribution in [0.3, 0.4) is 0 Å². The molecule has 0 aromatic heterocycles. The molecule has 5 heteroatoms. The van der Waals surface area contributed by atoms with Crippen LogP contribution in [0.1, 0.15) is 24.1 Å². The van der Waals surface area contributed by atoms with E-state index in [1.807, 2.05) is 13.0 Å². The first-order valence-corrected chi connectivity index (χ1v) is 6.68. The molecule has 1 N–H and O–H groups in total. The fourth-order valence-corrected chi connectivity index (χ4v) is 2.44. The molecule has 1 atom stereocenters.